The molecule has 11 aromatic rings. The lowest BCUT2D eigenvalue weighted by Gasteiger charge is -2.11. The van der Waals surface area contributed by atoms with Crippen LogP contribution < -0.4 is 0 Å². The van der Waals surface area contributed by atoms with E-state index in [0.29, 0.717) is 17.5 Å². The van der Waals surface area contributed by atoms with Crippen molar-refractivity contribution in [1.29, 1.82) is 0 Å². The van der Waals surface area contributed by atoms with Gasteiger partial charge in [-0.05, 0) is 77.5 Å². The summed E-state index contributed by atoms with van der Waals surface area (Å²) in [7, 11) is 0. The second-order valence-corrected chi connectivity index (χ2v) is 13.7. The first-order valence-electron chi connectivity index (χ1n) is 18.2. The molecule has 0 aliphatic carbocycles. The van der Waals surface area contributed by atoms with Crippen LogP contribution in [0, 0.1) is 0 Å². The van der Waals surface area contributed by atoms with Gasteiger partial charge in [-0.1, -0.05) is 121 Å². The molecule has 252 valence electrons. The van der Waals surface area contributed by atoms with Crippen LogP contribution in [0.2, 0.25) is 0 Å². The molecule has 5 nitrogen and oxygen atoms in total. The Morgan fingerprint density at radius 1 is 0.278 bits per heavy atom. The predicted octanol–water partition coefficient (Wildman–Crippen LogP) is 12.2. The van der Waals surface area contributed by atoms with Crippen LogP contribution in [0.1, 0.15) is 0 Å². The average molecular weight is 690 g/mol. The van der Waals surface area contributed by atoms with E-state index in [4.69, 9.17) is 15.0 Å². The van der Waals surface area contributed by atoms with Gasteiger partial charge in [0.05, 0.1) is 22.1 Å². The first-order chi connectivity index (χ1) is 26.8. The molecule has 0 N–H and O–H groups in total. The Kier molecular flexibility index (Phi) is 6.79. The molecule has 8 aromatic carbocycles. The van der Waals surface area contributed by atoms with Crippen molar-refractivity contribution in [2.75, 3.05) is 0 Å². The van der Waals surface area contributed by atoms with Gasteiger partial charge < -0.3 is 9.13 Å². The summed E-state index contributed by atoms with van der Waals surface area (Å²) in [5.74, 6) is 1.90. The Hall–Kier alpha value is -7.37. The highest BCUT2D eigenvalue weighted by Gasteiger charge is 2.19. The number of hydrogen-bond donors (Lipinski definition) is 0. The van der Waals surface area contributed by atoms with Crippen LogP contribution in [0.25, 0.3) is 99.9 Å². The summed E-state index contributed by atoms with van der Waals surface area (Å²) in [4.78, 5) is 15.5. The van der Waals surface area contributed by atoms with E-state index in [1.54, 1.807) is 0 Å². The third-order valence-corrected chi connectivity index (χ3v) is 10.5. The highest BCUT2D eigenvalue weighted by Crippen LogP contribution is 2.38. The maximum Gasteiger partial charge on any atom is 0.164 e. The minimum absolute atomic E-state index is 0.627. The van der Waals surface area contributed by atoms with Crippen LogP contribution in [-0.4, -0.2) is 24.1 Å². The zero-order chi connectivity index (χ0) is 35.6. The van der Waals surface area contributed by atoms with Crippen LogP contribution >= 0.6 is 0 Å². The molecule has 0 atom stereocenters. The maximum absolute atomic E-state index is 5.22. The van der Waals surface area contributed by atoms with Gasteiger partial charge in [-0.2, -0.15) is 0 Å². The number of para-hydroxylation sites is 3. The molecule has 54 heavy (non-hydrogen) atoms. The fraction of sp³-hybridized carbons (Fsp3) is 0. The number of aromatic nitrogens is 5. The van der Waals surface area contributed by atoms with Crippen LogP contribution in [0.4, 0.5) is 0 Å². The first-order valence-corrected chi connectivity index (χ1v) is 18.2. The van der Waals surface area contributed by atoms with Crippen LogP contribution in [-0.2, 0) is 0 Å². The van der Waals surface area contributed by atoms with Crippen molar-refractivity contribution in [3.05, 3.63) is 188 Å². The van der Waals surface area contributed by atoms with Gasteiger partial charge >= 0.3 is 0 Å². The highest BCUT2D eigenvalue weighted by atomic mass is 15.0. The van der Waals surface area contributed by atoms with Crippen LogP contribution in [0.3, 0.4) is 0 Å². The quantitative estimate of drug-likeness (QED) is 0.181. The summed E-state index contributed by atoms with van der Waals surface area (Å²) in [6.45, 7) is 0. The molecule has 0 aliphatic rings. The fourth-order valence-corrected chi connectivity index (χ4v) is 8.02. The van der Waals surface area contributed by atoms with Crippen LogP contribution in [0.15, 0.2) is 188 Å². The van der Waals surface area contributed by atoms with Crippen molar-refractivity contribution < 1.29 is 0 Å². The Balaban J connectivity index is 1.14. The molecule has 0 unspecified atom stereocenters. The van der Waals surface area contributed by atoms with Crippen molar-refractivity contribution in [2.24, 2.45) is 0 Å². The lowest BCUT2D eigenvalue weighted by Crippen LogP contribution is -2.00. The smallest absolute Gasteiger partial charge is 0.164 e. The molecule has 3 aromatic heterocycles. The number of rotatable bonds is 5. The van der Waals surface area contributed by atoms with E-state index < -0.39 is 0 Å². The van der Waals surface area contributed by atoms with E-state index in [-0.39, 0.29) is 0 Å². The largest absolute Gasteiger partial charge is 0.309 e. The molecule has 5 heteroatoms. The van der Waals surface area contributed by atoms with E-state index in [9.17, 15) is 0 Å². The Bertz CT molecular complexity index is 3200. The second kappa shape index (κ2) is 12.1. The second-order valence-electron chi connectivity index (χ2n) is 13.7. The topological polar surface area (TPSA) is 48.5 Å². The third-order valence-electron chi connectivity index (χ3n) is 10.5. The van der Waals surface area contributed by atoms with E-state index in [2.05, 4.69) is 179 Å². The van der Waals surface area contributed by atoms with Crippen molar-refractivity contribution in [3.8, 4) is 45.5 Å². The van der Waals surface area contributed by atoms with Gasteiger partial charge in [0.2, 0.25) is 0 Å². The lowest BCUT2D eigenvalue weighted by atomic mass is 10.1. The molecular formula is C49H31N5. The summed E-state index contributed by atoms with van der Waals surface area (Å²) in [5.41, 5.74) is 9.59. The van der Waals surface area contributed by atoms with Crippen molar-refractivity contribution in [2.45, 2.75) is 0 Å². The summed E-state index contributed by atoms with van der Waals surface area (Å²) in [5, 5.41) is 7.16. The molecule has 0 spiro atoms. The molecule has 0 aliphatic heterocycles. The van der Waals surface area contributed by atoms with Crippen molar-refractivity contribution in [1.82, 2.24) is 24.1 Å². The summed E-state index contributed by atoms with van der Waals surface area (Å²) >= 11 is 0. The lowest BCUT2D eigenvalue weighted by molar-refractivity contribution is 1.07. The normalized spacial score (nSPS) is 11.7. The molecule has 3 heterocycles. The molecule has 0 fully saturated rings. The monoisotopic (exact) mass is 689 g/mol. The minimum Gasteiger partial charge on any atom is -0.309 e. The molecule has 0 amide bonds. The van der Waals surface area contributed by atoms with E-state index >= 15 is 0 Å². The summed E-state index contributed by atoms with van der Waals surface area (Å²) < 4.78 is 4.68. The van der Waals surface area contributed by atoms with Gasteiger partial charge in [0, 0.05) is 49.6 Å². The van der Waals surface area contributed by atoms with Crippen molar-refractivity contribution >= 4 is 54.4 Å². The van der Waals surface area contributed by atoms with E-state index in [1.807, 2.05) is 18.2 Å². The van der Waals surface area contributed by atoms with Gasteiger partial charge in [0.15, 0.2) is 17.5 Å². The Labute approximate surface area is 311 Å². The standard InChI is InChI=1S/C49H31N5/c1-4-14-32(15-5-1)47-50-48(35-25-27-44-41(29-35)39-22-12-13-23-43(39)53(44)37-18-6-2-7-19-37)52-49(51-47)36-24-26-40-42-28-33-16-10-11-17-34(33)30-46(42)54(45(40)31-36)38-20-8-3-9-21-38/h1-31H. The summed E-state index contributed by atoms with van der Waals surface area (Å²) in [6.07, 6.45) is 0. The maximum atomic E-state index is 5.22. The summed E-state index contributed by atoms with van der Waals surface area (Å²) in [6, 6.07) is 66.2. The average Bonchev–Trinajstić information content (AvgIpc) is 3.75. The Morgan fingerprint density at radius 2 is 0.741 bits per heavy atom. The van der Waals surface area contributed by atoms with Gasteiger partial charge in [0.25, 0.3) is 0 Å². The molecule has 0 radical (unpaired) electrons. The van der Waals surface area contributed by atoms with Gasteiger partial charge in [0.1, 0.15) is 0 Å². The molecule has 0 bridgehead atoms. The van der Waals surface area contributed by atoms with Gasteiger partial charge in [-0.15, -0.1) is 0 Å². The minimum atomic E-state index is 0.627. The number of fused-ring (bicyclic) bond motifs is 7. The number of nitrogens with zero attached hydrogens (tertiary/aromatic N) is 5. The zero-order valence-corrected chi connectivity index (χ0v) is 29.1. The van der Waals surface area contributed by atoms with E-state index in [1.165, 1.54) is 26.9 Å². The first kappa shape index (κ1) is 30.3. The molecule has 11 rings (SSSR count). The van der Waals surface area contributed by atoms with Gasteiger partial charge in [-0.3, -0.25) is 0 Å². The van der Waals surface area contributed by atoms with Crippen LogP contribution in [0.5, 0.6) is 0 Å². The third kappa shape index (κ3) is 4.83. The van der Waals surface area contributed by atoms with Gasteiger partial charge in [-0.25, -0.2) is 15.0 Å². The molecule has 0 saturated carbocycles. The fourth-order valence-electron chi connectivity index (χ4n) is 8.02. The Morgan fingerprint density at radius 3 is 1.44 bits per heavy atom. The SMILES string of the molecule is c1ccc(-c2nc(-c3ccc4c(c3)c3ccccc3n4-c3ccccc3)nc(-c3ccc4c5cc6ccccc6cc5n(-c5ccccc5)c4c3)n2)cc1. The highest BCUT2D eigenvalue weighted by molar-refractivity contribution is 6.14. The molecular weight excluding hydrogens is 659 g/mol. The zero-order valence-electron chi connectivity index (χ0n) is 29.1. The van der Waals surface area contributed by atoms with Crippen molar-refractivity contribution in [3.63, 3.8) is 0 Å². The predicted molar refractivity (Wildman–Crippen MR) is 222 cm³/mol. The number of hydrogen-bond acceptors (Lipinski definition) is 3. The number of benzene rings is 8. The molecule has 0 saturated heterocycles. The van der Waals surface area contributed by atoms with E-state index in [0.717, 1.165) is 55.5 Å².